The fraction of sp³-hybridized carbons (Fsp3) is 0.143. The molecule has 0 fully saturated rings. The number of fused-ring (bicyclic) bond motifs is 1. The Morgan fingerprint density at radius 2 is 2.00 bits per heavy atom. The molecule has 4 aromatic rings. The van der Waals surface area contributed by atoms with Crippen molar-refractivity contribution in [1.82, 2.24) is 19.7 Å². The minimum Gasteiger partial charge on any atom is -0.495 e. The highest BCUT2D eigenvalue weighted by atomic mass is 32.2. The Kier molecular flexibility index (Phi) is 5.99. The molecule has 1 atom stereocenters. The lowest BCUT2D eigenvalue weighted by molar-refractivity contribution is -0.384. The van der Waals surface area contributed by atoms with E-state index in [-0.39, 0.29) is 17.3 Å². The molecule has 11 heteroatoms. The molecule has 0 aliphatic heterocycles. The number of hydrogen-bond donors (Lipinski definition) is 1. The SMILES string of the molecule is COc1ccc([N+](=O)[O-])cc1NC(=O)C(C)Sc1ncnc2c1cnn2-c1ccccc1. The first-order valence-electron chi connectivity index (χ1n) is 9.52. The van der Waals surface area contributed by atoms with Crippen LogP contribution in [0.3, 0.4) is 0 Å². The van der Waals surface area contributed by atoms with Crippen molar-refractivity contribution in [2.24, 2.45) is 0 Å². The van der Waals surface area contributed by atoms with Crippen LogP contribution in [0.1, 0.15) is 6.92 Å². The number of methoxy groups -OCH3 is 1. The number of nitrogens with one attached hydrogen (secondary N) is 1. The molecule has 2 heterocycles. The number of non-ortho nitro benzene ring substituents is 1. The molecule has 10 nitrogen and oxygen atoms in total. The molecule has 0 saturated heterocycles. The zero-order chi connectivity index (χ0) is 22.7. The molecule has 32 heavy (non-hydrogen) atoms. The number of amides is 1. The summed E-state index contributed by atoms with van der Waals surface area (Å²) >= 11 is 1.24. The molecule has 0 aliphatic rings. The Bertz CT molecular complexity index is 1290. The van der Waals surface area contributed by atoms with Gasteiger partial charge in [-0.25, -0.2) is 14.6 Å². The van der Waals surface area contributed by atoms with Gasteiger partial charge in [-0.15, -0.1) is 0 Å². The van der Waals surface area contributed by atoms with E-state index in [2.05, 4.69) is 20.4 Å². The Labute approximate surface area is 186 Å². The molecular weight excluding hydrogens is 432 g/mol. The van der Waals surface area contributed by atoms with Crippen LogP contribution in [0.5, 0.6) is 5.75 Å². The maximum atomic E-state index is 12.8. The van der Waals surface area contributed by atoms with E-state index in [1.165, 1.54) is 43.4 Å². The summed E-state index contributed by atoms with van der Waals surface area (Å²) in [4.78, 5) is 32.0. The van der Waals surface area contributed by atoms with Crippen LogP contribution in [-0.2, 0) is 4.79 Å². The number of nitrogens with zero attached hydrogens (tertiary/aromatic N) is 5. The molecule has 0 saturated carbocycles. The number of carbonyl (C=O) groups excluding carboxylic acids is 1. The van der Waals surface area contributed by atoms with Gasteiger partial charge in [0.1, 0.15) is 17.1 Å². The summed E-state index contributed by atoms with van der Waals surface area (Å²) in [6, 6.07) is 13.6. The van der Waals surface area contributed by atoms with Crippen molar-refractivity contribution in [1.29, 1.82) is 0 Å². The summed E-state index contributed by atoms with van der Waals surface area (Å²) in [6.45, 7) is 1.72. The number of para-hydroxylation sites is 1. The third-order valence-electron chi connectivity index (χ3n) is 4.64. The molecule has 0 spiro atoms. The molecule has 1 unspecified atom stereocenters. The number of hydrogen-bond acceptors (Lipinski definition) is 8. The largest absolute Gasteiger partial charge is 0.495 e. The highest BCUT2D eigenvalue weighted by Gasteiger charge is 2.21. The number of benzene rings is 2. The number of carbonyl (C=O) groups is 1. The van der Waals surface area contributed by atoms with Gasteiger partial charge in [-0.05, 0) is 25.1 Å². The standard InChI is InChI=1S/C21H18N6O4S/c1-13(20(28)25-17-10-15(27(29)30)8-9-18(17)31-2)32-21-16-11-24-26(19(16)22-12-23-21)14-6-4-3-5-7-14/h3-13H,1-2H3,(H,25,28). The van der Waals surface area contributed by atoms with E-state index in [9.17, 15) is 14.9 Å². The van der Waals surface area contributed by atoms with Crippen molar-refractivity contribution in [3.05, 3.63) is 71.2 Å². The van der Waals surface area contributed by atoms with Gasteiger partial charge >= 0.3 is 0 Å². The fourth-order valence-corrected chi connectivity index (χ4v) is 3.92. The van der Waals surface area contributed by atoms with Crippen LogP contribution in [0.2, 0.25) is 0 Å². The quantitative estimate of drug-likeness (QED) is 0.195. The van der Waals surface area contributed by atoms with Crippen molar-refractivity contribution in [2.45, 2.75) is 17.2 Å². The van der Waals surface area contributed by atoms with Crippen LogP contribution in [0, 0.1) is 10.1 Å². The van der Waals surface area contributed by atoms with Gasteiger partial charge in [-0.1, -0.05) is 30.0 Å². The zero-order valence-electron chi connectivity index (χ0n) is 17.1. The van der Waals surface area contributed by atoms with Gasteiger partial charge in [0.15, 0.2) is 5.65 Å². The summed E-state index contributed by atoms with van der Waals surface area (Å²) in [5.74, 6) is -0.0225. The van der Waals surface area contributed by atoms with Gasteiger partial charge in [-0.3, -0.25) is 14.9 Å². The average molecular weight is 450 g/mol. The molecule has 0 aliphatic carbocycles. The van der Waals surface area contributed by atoms with Gasteiger partial charge < -0.3 is 10.1 Å². The summed E-state index contributed by atoms with van der Waals surface area (Å²) < 4.78 is 6.91. The summed E-state index contributed by atoms with van der Waals surface area (Å²) in [5.41, 5.74) is 1.57. The third kappa shape index (κ3) is 4.23. The fourth-order valence-electron chi connectivity index (χ4n) is 3.04. The number of aromatic nitrogens is 4. The maximum Gasteiger partial charge on any atom is 0.271 e. The lowest BCUT2D eigenvalue weighted by Gasteiger charge is -2.14. The topological polar surface area (TPSA) is 125 Å². The van der Waals surface area contributed by atoms with Crippen LogP contribution in [0.15, 0.2) is 66.1 Å². The predicted molar refractivity (Wildman–Crippen MR) is 120 cm³/mol. The van der Waals surface area contributed by atoms with E-state index in [0.717, 1.165) is 5.69 Å². The smallest absolute Gasteiger partial charge is 0.271 e. The molecule has 2 aromatic carbocycles. The highest BCUT2D eigenvalue weighted by molar-refractivity contribution is 8.00. The molecular formula is C21H18N6O4S. The summed E-state index contributed by atoms with van der Waals surface area (Å²) in [5, 5.41) is 18.9. The first kappa shape index (κ1) is 21.2. The predicted octanol–water partition coefficient (Wildman–Crippen LogP) is 3.85. The first-order valence-corrected chi connectivity index (χ1v) is 10.4. The zero-order valence-corrected chi connectivity index (χ0v) is 17.9. The van der Waals surface area contributed by atoms with E-state index in [4.69, 9.17) is 4.74 Å². The van der Waals surface area contributed by atoms with Gasteiger partial charge in [0, 0.05) is 12.1 Å². The number of nitro benzene ring substituents is 1. The molecule has 1 amide bonds. The molecule has 2 aromatic heterocycles. The van der Waals surface area contributed by atoms with Crippen molar-refractivity contribution < 1.29 is 14.5 Å². The molecule has 162 valence electrons. The van der Waals surface area contributed by atoms with Crippen molar-refractivity contribution >= 4 is 40.1 Å². The third-order valence-corrected chi connectivity index (χ3v) is 5.76. The van der Waals surface area contributed by atoms with Gasteiger partial charge in [0.25, 0.3) is 5.69 Å². The lowest BCUT2D eigenvalue weighted by Crippen LogP contribution is -2.23. The van der Waals surface area contributed by atoms with Crippen LogP contribution >= 0.6 is 11.8 Å². The van der Waals surface area contributed by atoms with E-state index in [1.54, 1.807) is 17.8 Å². The minimum absolute atomic E-state index is 0.146. The summed E-state index contributed by atoms with van der Waals surface area (Å²) in [7, 11) is 1.43. The van der Waals surface area contributed by atoms with E-state index in [0.29, 0.717) is 21.8 Å². The van der Waals surface area contributed by atoms with E-state index in [1.807, 2.05) is 30.3 Å². The van der Waals surface area contributed by atoms with Crippen molar-refractivity contribution in [3.63, 3.8) is 0 Å². The van der Waals surface area contributed by atoms with Crippen LogP contribution < -0.4 is 10.1 Å². The molecule has 4 rings (SSSR count). The van der Waals surface area contributed by atoms with E-state index < -0.39 is 10.2 Å². The Balaban J connectivity index is 1.56. The second kappa shape index (κ2) is 9.02. The number of thioether (sulfide) groups is 1. The number of ether oxygens (including phenoxy) is 1. The Morgan fingerprint density at radius 3 is 2.72 bits per heavy atom. The second-order valence-electron chi connectivity index (χ2n) is 6.70. The minimum atomic E-state index is -0.558. The Hall–Kier alpha value is -3.99. The van der Waals surface area contributed by atoms with Crippen molar-refractivity contribution in [2.75, 3.05) is 12.4 Å². The number of rotatable bonds is 7. The summed E-state index contributed by atoms with van der Waals surface area (Å²) in [6.07, 6.45) is 3.10. The van der Waals surface area contributed by atoms with Gasteiger partial charge in [-0.2, -0.15) is 5.10 Å². The van der Waals surface area contributed by atoms with E-state index >= 15 is 0 Å². The second-order valence-corrected chi connectivity index (χ2v) is 8.03. The highest BCUT2D eigenvalue weighted by Crippen LogP contribution is 2.32. The van der Waals surface area contributed by atoms with Crippen LogP contribution in [-0.4, -0.2) is 42.9 Å². The first-order chi connectivity index (χ1) is 15.5. The molecule has 0 bridgehead atoms. The normalized spacial score (nSPS) is 11.8. The van der Waals surface area contributed by atoms with Gasteiger partial charge in [0.2, 0.25) is 5.91 Å². The molecule has 1 N–H and O–H groups in total. The van der Waals surface area contributed by atoms with Crippen molar-refractivity contribution in [3.8, 4) is 11.4 Å². The van der Waals surface area contributed by atoms with Crippen LogP contribution in [0.4, 0.5) is 11.4 Å². The lowest BCUT2D eigenvalue weighted by atomic mass is 10.2. The monoisotopic (exact) mass is 450 g/mol. The Morgan fingerprint density at radius 1 is 1.22 bits per heavy atom. The number of nitro groups is 1. The van der Waals surface area contributed by atoms with Crippen LogP contribution in [0.25, 0.3) is 16.7 Å². The number of anilines is 1. The average Bonchev–Trinajstić information content (AvgIpc) is 3.24. The van der Waals surface area contributed by atoms with Gasteiger partial charge in [0.05, 0.1) is 40.2 Å². The maximum absolute atomic E-state index is 12.8. The molecule has 0 radical (unpaired) electrons.